The average Bonchev–Trinajstić information content (AvgIpc) is 2.97. The quantitative estimate of drug-likeness (QED) is 0.237. The van der Waals surface area contributed by atoms with E-state index >= 15 is 0 Å². The molecule has 38 heavy (non-hydrogen) atoms. The number of para-hydroxylation sites is 1. The van der Waals surface area contributed by atoms with Crippen LogP contribution in [0.3, 0.4) is 0 Å². The number of unbranched alkanes of at least 4 members (excludes halogenated alkanes) is 1. The van der Waals surface area contributed by atoms with Crippen LogP contribution in [-0.4, -0.2) is 6.71 Å². The maximum Gasteiger partial charge on any atom is 0.252 e. The van der Waals surface area contributed by atoms with Crippen LogP contribution >= 0.6 is 0 Å². The molecule has 0 aromatic heterocycles. The summed E-state index contributed by atoms with van der Waals surface area (Å²) < 4.78 is 0. The van der Waals surface area contributed by atoms with Gasteiger partial charge in [0.2, 0.25) is 0 Å². The molecule has 2 heterocycles. The summed E-state index contributed by atoms with van der Waals surface area (Å²) in [5, 5.41) is 0. The normalized spacial score (nSPS) is 15.1. The van der Waals surface area contributed by atoms with Crippen molar-refractivity contribution in [1.82, 2.24) is 0 Å². The topological polar surface area (TPSA) is 6.48 Å². The number of nitrogens with zero attached hydrogens (tertiary/aromatic N) is 2. The van der Waals surface area contributed by atoms with Crippen molar-refractivity contribution in [3.05, 3.63) is 120 Å². The van der Waals surface area contributed by atoms with Gasteiger partial charge in [0.25, 0.3) is 6.71 Å². The van der Waals surface area contributed by atoms with Crippen molar-refractivity contribution in [2.75, 3.05) is 9.80 Å². The Morgan fingerprint density at radius 1 is 0.737 bits per heavy atom. The zero-order valence-corrected chi connectivity index (χ0v) is 22.3. The van der Waals surface area contributed by atoms with Crippen LogP contribution in [0.15, 0.2) is 109 Å². The summed E-state index contributed by atoms with van der Waals surface area (Å²) in [6.45, 7) is 4.68. The monoisotopic (exact) mass is 492 g/mol. The second-order valence-electron chi connectivity index (χ2n) is 10.8. The van der Waals surface area contributed by atoms with Crippen LogP contribution < -0.4 is 26.2 Å². The van der Waals surface area contributed by atoms with E-state index in [-0.39, 0.29) is 6.71 Å². The molecule has 1 aliphatic carbocycles. The first-order valence-corrected chi connectivity index (χ1v) is 14.1. The van der Waals surface area contributed by atoms with Gasteiger partial charge in [-0.1, -0.05) is 79.6 Å². The molecule has 0 unspecified atom stereocenters. The highest BCUT2D eigenvalue weighted by Gasteiger charge is 2.43. The lowest BCUT2D eigenvalue weighted by atomic mass is 9.33. The molecule has 2 aliphatic heterocycles. The number of benzene rings is 4. The van der Waals surface area contributed by atoms with Crippen molar-refractivity contribution in [3.63, 3.8) is 0 Å². The van der Waals surface area contributed by atoms with Gasteiger partial charge in [-0.15, -0.1) is 0 Å². The third kappa shape index (κ3) is 3.64. The zero-order valence-electron chi connectivity index (χ0n) is 22.3. The van der Waals surface area contributed by atoms with E-state index in [2.05, 4.69) is 127 Å². The third-order valence-electron chi connectivity index (χ3n) is 8.30. The minimum Gasteiger partial charge on any atom is -0.312 e. The fourth-order valence-electron chi connectivity index (χ4n) is 6.52. The summed E-state index contributed by atoms with van der Waals surface area (Å²) in [6.07, 6.45) is 12.8. The van der Waals surface area contributed by atoms with Gasteiger partial charge in [0.15, 0.2) is 0 Å². The molecule has 3 aliphatic rings. The molecular weight excluding hydrogens is 459 g/mol. The molecule has 0 spiro atoms. The van der Waals surface area contributed by atoms with Gasteiger partial charge in [-0.2, -0.15) is 0 Å². The van der Waals surface area contributed by atoms with Gasteiger partial charge in [0.1, 0.15) is 0 Å². The number of rotatable bonds is 5. The van der Waals surface area contributed by atoms with E-state index in [0.29, 0.717) is 0 Å². The SMILES string of the molecule is CCCCc1ccc(N2c3ccc(C)cc3B3c4ccccc4N(C4=CCCC=C4)c4cccc2c43)cc1. The summed E-state index contributed by atoms with van der Waals surface area (Å²) >= 11 is 0. The molecule has 0 bridgehead atoms. The lowest BCUT2D eigenvalue weighted by Gasteiger charge is -2.44. The van der Waals surface area contributed by atoms with Gasteiger partial charge in [-0.3, -0.25) is 0 Å². The molecule has 4 aromatic rings. The minimum atomic E-state index is 0.205. The predicted octanol–water partition coefficient (Wildman–Crippen LogP) is 7.32. The zero-order chi connectivity index (χ0) is 25.6. The Bertz CT molecular complexity index is 1580. The molecule has 0 saturated heterocycles. The van der Waals surface area contributed by atoms with Crippen LogP contribution in [0, 0.1) is 6.92 Å². The van der Waals surface area contributed by atoms with Gasteiger partial charge >= 0.3 is 0 Å². The molecule has 0 N–H and O–H groups in total. The van der Waals surface area contributed by atoms with Crippen molar-refractivity contribution in [3.8, 4) is 0 Å². The third-order valence-corrected chi connectivity index (χ3v) is 8.30. The molecule has 3 heteroatoms. The van der Waals surface area contributed by atoms with Crippen molar-refractivity contribution in [2.24, 2.45) is 0 Å². The standard InChI is InChI=1S/C35H33BN2/c1-3-4-11-26-19-21-28(22-20-26)38-32-23-18-25(2)24-30(32)36-29-14-8-9-15-31(29)37(27-12-6-5-7-13-27)33-16-10-17-34(38)35(33)36/h6,8-10,12-24H,3-5,7,11H2,1-2H3. The molecule has 0 radical (unpaired) electrons. The smallest absolute Gasteiger partial charge is 0.252 e. The van der Waals surface area contributed by atoms with Gasteiger partial charge in [-0.25, -0.2) is 0 Å². The summed E-state index contributed by atoms with van der Waals surface area (Å²) in [7, 11) is 0. The Labute approximate surface area is 227 Å². The van der Waals surface area contributed by atoms with E-state index in [1.807, 2.05) is 0 Å². The first-order chi connectivity index (χ1) is 18.7. The fourth-order valence-corrected chi connectivity index (χ4v) is 6.52. The minimum absolute atomic E-state index is 0.205. The Morgan fingerprint density at radius 3 is 2.29 bits per heavy atom. The maximum absolute atomic E-state index is 2.49. The highest BCUT2D eigenvalue weighted by atomic mass is 15.2. The van der Waals surface area contributed by atoms with E-state index in [9.17, 15) is 0 Å². The van der Waals surface area contributed by atoms with E-state index in [0.717, 1.165) is 19.3 Å². The fraction of sp³-hybridized carbons (Fsp3) is 0.200. The molecular formula is C35H33BN2. The average molecular weight is 492 g/mol. The summed E-state index contributed by atoms with van der Waals surface area (Å²) in [4.78, 5) is 4.98. The highest BCUT2D eigenvalue weighted by molar-refractivity contribution is 7.00. The van der Waals surface area contributed by atoms with E-state index in [1.165, 1.54) is 74.5 Å². The molecule has 7 rings (SSSR count). The maximum atomic E-state index is 2.49. The number of hydrogen-bond donors (Lipinski definition) is 0. The van der Waals surface area contributed by atoms with E-state index < -0.39 is 0 Å². The van der Waals surface area contributed by atoms with E-state index in [4.69, 9.17) is 0 Å². The van der Waals surface area contributed by atoms with Crippen LogP contribution in [0.2, 0.25) is 0 Å². The van der Waals surface area contributed by atoms with Crippen molar-refractivity contribution >= 4 is 51.5 Å². The number of aryl methyl sites for hydroxylation is 2. The predicted molar refractivity (Wildman–Crippen MR) is 164 cm³/mol. The first kappa shape index (κ1) is 23.2. The Morgan fingerprint density at radius 2 is 1.50 bits per heavy atom. The van der Waals surface area contributed by atoms with Crippen LogP contribution in [0.5, 0.6) is 0 Å². The van der Waals surface area contributed by atoms with Gasteiger partial charge in [-0.05, 0) is 97.0 Å². The Kier molecular flexibility index (Phi) is 5.73. The second kappa shape index (κ2) is 9.40. The van der Waals surface area contributed by atoms with Crippen LogP contribution in [0.4, 0.5) is 28.4 Å². The first-order valence-electron chi connectivity index (χ1n) is 14.1. The molecule has 0 amide bonds. The van der Waals surface area contributed by atoms with Gasteiger partial charge in [0, 0.05) is 34.1 Å². The van der Waals surface area contributed by atoms with Crippen molar-refractivity contribution < 1.29 is 0 Å². The second-order valence-corrected chi connectivity index (χ2v) is 10.8. The molecule has 0 saturated carbocycles. The molecule has 0 fully saturated rings. The van der Waals surface area contributed by atoms with Crippen LogP contribution in [0.25, 0.3) is 0 Å². The largest absolute Gasteiger partial charge is 0.312 e. The summed E-state index contributed by atoms with van der Waals surface area (Å²) in [5.74, 6) is 0. The Balaban J connectivity index is 1.47. The number of hydrogen-bond acceptors (Lipinski definition) is 2. The molecule has 186 valence electrons. The van der Waals surface area contributed by atoms with Crippen LogP contribution in [0.1, 0.15) is 43.7 Å². The van der Waals surface area contributed by atoms with Gasteiger partial charge < -0.3 is 9.80 Å². The number of fused-ring (bicyclic) bond motifs is 4. The lowest BCUT2D eigenvalue weighted by Crippen LogP contribution is -2.61. The highest BCUT2D eigenvalue weighted by Crippen LogP contribution is 2.42. The Hall–Kier alpha value is -3.98. The summed E-state index contributed by atoms with van der Waals surface area (Å²) in [5.41, 5.74) is 14.5. The number of allylic oxidation sites excluding steroid dienone is 3. The van der Waals surface area contributed by atoms with E-state index in [1.54, 1.807) is 0 Å². The van der Waals surface area contributed by atoms with Crippen molar-refractivity contribution in [2.45, 2.75) is 46.0 Å². The molecule has 4 aromatic carbocycles. The van der Waals surface area contributed by atoms with Crippen LogP contribution in [-0.2, 0) is 6.42 Å². The molecule has 0 atom stereocenters. The van der Waals surface area contributed by atoms with Crippen molar-refractivity contribution in [1.29, 1.82) is 0 Å². The van der Waals surface area contributed by atoms with Gasteiger partial charge in [0.05, 0.1) is 0 Å². The molecule has 2 nitrogen and oxygen atoms in total. The lowest BCUT2D eigenvalue weighted by molar-refractivity contribution is 0.795. The summed E-state index contributed by atoms with van der Waals surface area (Å²) in [6, 6.07) is 32.2. The number of anilines is 5.